The Bertz CT molecular complexity index is 813. The van der Waals surface area contributed by atoms with Crippen LogP contribution in [0.2, 0.25) is 0 Å². The van der Waals surface area contributed by atoms with E-state index >= 15 is 0 Å². The molecule has 0 bridgehead atoms. The first kappa shape index (κ1) is 15.5. The highest BCUT2D eigenvalue weighted by molar-refractivity contribution is 6.03. The molecule has 1 amide bonds. The number of aliphatic hydroxyl groups is 1. The number of benzene rings is 1. The van der Waals surface area contributed by atoms with Gasteiger partial charge in [-0.05, 0) is 18.1 Å². The molecule has 0 atom stereocenters. The van der Waals surface area contributed by atoms with E-state index in [1.807, 2.05) is 17.4 Å². The highest BCUT2D eigenvalue weighted by Gasteiger charge is 2.25. The van der Waals surface area contributed by atoms with Crippen molar-refractivity contribution in [3.8, 4) is 5.75 Å². The fraction of sp³-hybridized carbons (Fsp3) is 0.375. The molecule has 0 spiro atoms. The molecule has 122 valence electrons. The van der Waals surface area contributed by atoms with Gasteiger partial charge in [-0.3, -0.25) is 9.59 Å². The lowest BCUT2D eigenvalue weighted by molar-refractivity contribution is -0.654. The maximum Gasteiger partial charge on any atom is 0.267 e. The molecule has 7 heteroatoms. The summed E-state index contributed by atoms with van der Waals surface area (Å²) in [5, 5.41) is 24.1. The molecule has 23 heavy (non-hydrogen) atoms. The minimum atomic E-state index is -0.562. The lowest BCUT2D eigenvalue weighted by Gasteiger charge is -2.11. The van der Waals surface area contributed by atoms with Crippen molar-refractivity contribution < 1.29 is 20.3 Å². The van der Waals surface area contributed by atoms with Crippen molar-refractivity contribution in [1.82, 2.24) is 9.88 Å². The summed E-state index contributed by atoms with van der Waals surface area (Å²) in [6.45, 7) is 2.12. The van der Waals surface area contributed by atoms with E-state index in [4.69, 9.17) is 5.11 Å². The van der Waals surface area contributed by atoms with Crippen molar-refractivity contribution in [1.29, 1.82) is 0 Å². The van der Waals surface area contributed by atoms with Crippen LogP contribution in [0, 0.1) is 0 Å². The van der Waals surface area contributed by atoms with E-state index in [1.165, 1.54) is 0 Å². The third-order valence-corrected chi connectivity index (χ3v) is 4.14. The molecule has 5 N–H and O–H groups in total. The van der Waals surface area contributed by atoms with Crippen LogP contribution in [0.1, 0.15) is 15.9 Å². The number of hydrogen-bond donors (Lipinski definition) is 4. The topological polar surface area (TPSA) is 108 Å². The van der Waals surface area contributed by atoms with Gasteiger partial charge in [0.25, 0.3) is 11.5 Å². The second kappa shape index (κ2) is 6.39. The van der Waals surface area contributed by atoms with Crippen molar-refractivity contribution in [2.45, 2.75) is 13.0 Å². The maximum absolute atomic E-state index is 12.5. The van der Waals surface area contributed by atoms with Crippen LogP contribution in [0.3, 0.4) is 0 Å². The Labute approximate surface area is 132 Å². The van der Waals surface area contributed by atoms with E-state index in [0.717, 1.165) is 17.5 Å². The summed E-state index contributed by atoms with van der Waals surface area (Å²) in [6, 6.07) is 5.48. The molecule has 1 aliphatic rings. The number of aliphatic hydroxyl groups excluding tert-OH is 1. The van der Waals surface area contributed by atoms with Gasteiger partial charge in [0.1, 0.15) is 11.3 Å². The highest BCUT2D eigenvalue weighted by Crippen LogP contribution is 2.31. The van der Waals surface area contributed by atoms with Crippen molar-refractivity contribution >= 4 is 16.8 Å². The number of rotatable bonds is 6. The van der Waals surface area contributed by atoms with Gasteiger partial charge in [0.2, 0.25) is 0 Å². The number of nitrogens with two attached hydrogens (primary N) is 1. The number of aryl methyl sites for hydroxylation is 2. The van der Waals surface area contributed by atoms with Gasteiger partial charge in [-0.1, -0.05) is 12.1 Å². The molecule has 0 fully saturated rings. The lowest BCUT2D eigenvalue weighted by Crippen LogP contribution is -2.86. The van der Waals surface area contributed by atoms with Crippen LogP contribution < -0.4 is 16.2 Å². The first-order chi connectivity index (χ1) is 11.1. The van der Waals surface area contributed by atoms with Gasteiger partial charge in [-0.15, -0.1) is 0 Å². The largest absolute Gasteiger partial charge is 0.506 e. The first-order valence-corrected chi connectivity index (χ1v) is 7.73. The number of para-hydroxylation sites is 1. The Kier molecular flexibility index (Phi) is 4.31. The van der Waals surface area contributed by atoms with Crippen LogP contribution in [0.4, 0.5) is 0 Å². The van der Waals surface area contributed by atoms with Crippen LogP contribution >= 0.6 is 0 Å². The zero-order valence-electron chi connectivity index (χ0n) is 12.7. The molecule has 0 saturated carbocycles. The summed E-state index contributed by atoms with van der Waals surface area (Å²) in [6.07, 6.45) is 0.729. The minimum absolute atomic E-state index is 0.0758. The molecule has 2 heterocycles. The number of aromatic nitrogens is 1. The fourth-order valence-electron chi connectivity index (χ4n) is 3.04. The molecule has 1 aromatic carbocycles. The summed E-state index contributed by atoms with van der Waals surface area (Å²) >= 11 is 0. The quantitative estimate of drug-likeness (QED) is 0.489. The van der Waals surface area contributed by atoms with E-state index in [0.29, 0.717) is 31.6 Å². The zero-order valence-corrected chi connectivity index (χ0v) is 12.7. The molecule has 0 aliphatic carbocycles. The van der Waals surface area contributed by atoms with Gasteiger partial charge in [0.05, 0.1) is 31.8 Å². The second-order valence-electron chi connectivity index (χ2n) is 5.59. The molecule has 3 rings (SSSR count). The summed E-state index contributed by atoms with van der Waals surface area (Å²) in [5.74, 6) is -0.810. The number of hydrogen-bond acceptors (Lipinski definition) is 4. The molecule has 2 aromatic rings. The normalized spacial score (nSPS) is 12.7. The molecular formula is C16H20N3O4+. The Morgan fingerprint density at radius 2 is 2.17 bits per heavy atom. The number of quaternary nitrogens is 1. The highest BCUT2D eigenvalue weighted by atomic mass is 16.3. The van der Waals surface area contributed by atoms with Gasteiger partial charge >= 0.3 is 0 Å². The Morgan fingerprint density at radius 1 is 1.35 bits per heavy atom. The summed E-state index contributed by atoms with van der Waals surface area (Å²) in [5.41, 5.74) is 1.10. The van der Waals surface area contributed by atoms with Crippen molar-refractivity contribution in [3.05, 3.63) is 39.7 Å². The molecule has 0 unspecified atom stereocenters. The Balaban J connectivity index is 1.91. The van der Waals surface area contributed by atoms with Crippen LogP contribution in [0.15, 0.2) is 23.0 Å². The van der Waals surface area contributed by atoms with Gasteiger partial charge in [-0.25, -0.2) is 0 Å². The van der Waals surface area contributed by atoms with Gasteiger partial charge in [-0.2, -0.15) is 0 Å². The number of carbonyl (C=O) groups excluding carboxylic acids is 1. The van der Waals surface area contributed by atoms with Gasteiger partial charge < -0.3 is 25.4 Å². The number of nitrogens with one attached hydrogen (secondary N) is 1. The van der Waals surface area contributed by atoms with Crippen molar-refractivity contribution in [2.24, 2.45) is 0 Å². The molecule has 7 nitrogen and oxygen atoms in total. The minimum Gasteiger partial charge on any atom is -0.506 e. The van der Waals surface area contributed by atoms with Crippen LogP contribution in [0.5, 0.6) is 5.75 Å². The van der Waals surface area contributed by atoms with Gasteiger partial charge in [0, 0.05) is 11.9 Å². The predicted octanol–water partition coefficient (Wildman–Crippen LogP) is -1.45. The summed E-state index contributed by atoms with van der Waals surface area (Å²) < 4.78 is 1.57. The first-order valence-electron chi connectivity index (χ1n) is 7.73. The van der Waals surface area contributed by atoms with E-state index in [1.54, 1.807) is 10.6 Å². The van der Waals surface area contributed by atoms with E-state index in [-0.39, 0.29) is 17.9 Å². The number of aromatic hydroxyl groups is 1. The number of nitrogens with zero attached hydrogens (tertiary/aromatic N) is 1. The van der Waals surface area contributed by atoms with Crippen LogP contribution in [-0.2, 0) is 13.0 Å². The predicted molar refractivity (Wildman–Crippen MR) is 84.7 cm³/mol. The SMILES string of the molecule is O=C(NCC[NH2+]CCO)c1c(O)c2cccc3c2n(c1=O)CC3. The molecule has 0 radical (unpaired) electrons. The Hall–Kier alpha value is -2.38. The monoisotopic (exact) mass is 318 g/mol. The molecule has 0 saturated heterocycles. The number of pyridine rings is 1. The smallest absolute Gasteiger partial charge is 0.267 e. The van der Waals surface area contributed by atoms with Crippen LogP contribution in [-0.4, -0.2) is 46.9 Å². The third kappa shape index (κ3) is 2.69. The zero-order chi connectivity index (χ0) is 16.4. The second-order valence-corrected chi connectivity index (χ2v) is 5.59. The number of carbonyl (C=O) groups is 1. The van der Waals surface area contributed by atoms with E-state index in [9.17, 15) is 14.7 Å². The van der Waals surface area contributed by atoms with Gasteiger partial charge in [0.15, 0.2) is 0 Å². The molecule has 1 aromatic heterocycles. The van der Waals surface area contributed by atoms with Crippen molar-refractivity contribution in [2.75, 3.05) is 26.2 Å². The standard InChI is InChI=1S/C16H19N3O4/c20-9-7-17-5-6-18-15(22)12-14(21)11-3-1-2-10-4-8-19(13(10)11)16(12)23/h1-3,17,20-21H,4-9H2,(H,18,22)/p+1. The average molecular weight is 318 g/mol. The van der Waals surface area contributed by atoms with Crippen LogP contribution in [0.25, 0.3) is 10.9 Å². The number of amides is 1. The summed E-state index contributed by atoms with van der Waals surface area (Å²) in [7, 11) is 0. The summed E-state index contributed by atoms with van der Waals surface area (Å²) in [4.78, 5) is 24.8. The maximum atomic E-state index is 12.5. The Morgan fingerprint density at radius 3 is 2.96 bits per heavy atom. The molecule has 1 aliphatic heterocycles. The lowest BCUT2D eigenvalue weighted by atomic mass is 10.1. The average Bonchev–Trinajstić information content (AvgIpc) is 2.98. The third-order valence-electron chi connectivity index (χ3n) is 4.14. The fourth-order valence-corrected chi connectivity index (χ4v) is 3.04. The molecular weight excluding hydrogens is 298 g/mol. The van der Waals surface area contributed by atoms with Crippen molar-refractivity contribution in [3.63, 3.8) is 0 Å². The van der Waals surface area contributed by atoms with E-state index in [2.05, 4.69) is 5.32 Å². The van der Waals surface area contributed by atoms with E-state index < -0.39 is 11.5 Å².